The molecule has 27 heavy (non-hydrogen) atoms. The van der Waals surface area contributed by atoms with Crippen molar-refractivity contribution in [3.63, 3.8) is 0 Å². The summed E-state index contributed by atoms with van der Waals surface area (Å²) in [5, 5.41) is 11.1. The minimum atomic E-state index is -0.976. The smallest absolute Gasteiger partial charge is 0.305 e. The quantitative estimate of drug-likeness (QED) is 0.512. The van der Waals surface area contributed by atoms with Crippen LogP contribution in [0.3, 0.4) is 0 Å². The second kappa shape index (κ2) is 10.0. The van der Waals surface area contributed by atoms with E-state index in [-0.39, 0.29) is 37.7 Å². The van der Waals surface area contributed by atoms with Gasteiger partial charge in [-0.25, -0.2) is 0 Å². The lowest BCUT2D eigenvalue weighted by atomic mass is 10.1. The number of thioether (sulfide) groups is 1. The number of hydrogen-bond acceptors (Lipinski definition) is 5. The Labute approximate surface area is 167 Å². The van der Waals surface area contributed by atoms with Gasteiger partial charge in [0.1, 0.15) is 4.32 Å². The highest BCUT2D eigenvalue weighted by molar-refractivity contribution is 8.26. The molecule has 2 amide bonds. The minimum absolute atomic E-state index is 0.0654. The number of carbonyl (C=O) groups is 3. The molecule has 6 nitrogen and oxygen atoms in total. The number of nitrogens with zero attached hydrogens (tertiary/aromatic N) is 1. The van der Waals surface area contributed by atoms with Gasteiger partial charge in [0.05, 0.1) is 11.3 Å². The molecule has 1 aromatic rings. The van der Waals surface area contributed by atoms with E-state index in [1.165, 1.54) is 16.7 Å². The van der Waals surface area contributed by atoms with Crippen LogP contribution in [0.4, 0.5) is 0 Å². The molecule has 0 aliphatic carbocycles. The summed E-state index contributed by atoms with van der Waals surface area (Å²) in [5.74, 6) is -1.50. The summed E-state index contributed by atoms with van der Waals surface area (Å²) >= 11 is 6.46. The second-order valence-corrected chi connectivity index (χ2v) is 7.55. The first-order valence-corrected chi connectivity index (χ1v) is 9.56. The number of rotatable bonds is 8. The van der Waals surface area contributed by atoms with Gasteiger partial charge < -0.3 is 10.4 Å². The minimum Gasteiger partial charge on any atom is -0.481 e. The van der Waals surface area contributed by atoms with E-state index >= 15 is 0 Å². The van der Waals surface area contributed by atoms with Crippen LogP contribution >= 0.6 is 24.0 Å². The van der Waals surface area contributed by atoms with E-state index in [0.717, 1.165) is 11.1 Å². The molecule has 1 aromatic carbocycles. The van der Waals surface area contributed by atoms with Crippen molar-refractivity contribution in [3.8, 4) is 0 Å². The van der Waals surface area contributed by atoms with Gasteiger partial charge in [0, 0.05) is 19.5 Å². The number of allylic oxidation sites excluding steroid dienone is 2. The number of thiocarbonyl (C=S) groups is 1. The Morgan fingerprint density at radius 1 is 1.26 bits per heavy atom. The van der Waals surface area contributed by atoms with Crippen molar-refractivity contribution >= 4 is 52.2 Å². The summed E-state index contributed by atoms with van der Waals surface area (Å²) < 4.78 is 0.414. The number of carboxylic acids is 1. The van der Waals surface area contributed by atoms with Gasteiger partial charge in [-0.1, -0.05) is 60.4 Å². The molecule has 2 N–H and O–H groups in total. The normalized spacial score (nSPS) is 16.1. The van der Waals surface area contributed by atoms with Gasteiger partial charge in [-0.2, -0.15) is 0 Å². The summed E-state index contributed by atoms with van der Waals surface area (Å²) in [5.41, 5.74) is 1.97. The topological polar surface area (TPSA) is 86.7 Å². The van der Waals surface area contributed by atoms with Gasteiger partial charge in [0.15, 0.2) is 0 Å². The van der Waals surface area contributed by atoms with Crippen molar-refractivity contribution in [2.75, 3.05) is 13.1 Å². The fraction of sp³-hybridized carbons (Fsp3) is 0.263. The molecule has 1 aliphatic rings. The van der Waals surface area contributed by atoms with E-state index in [9.17, 15) is 14.4 Å². The van der Waals surface area contributed by atoms with Crippen LogP contribution in [0.25, 0.3) is 6.08 Å². The van der Waals surface area contributed by atoms with Gasteiger partial charge in [0.25, 0.3) is 5.91 Å². The van der Waals surface area contributed by atoms with E-state index in [4.69, 9.17) is 17.3 Å². The Hall–Kier alpha value is -2.45. The van der Waals surface area contributed by atoms with Crippen LogP contribution in [0.1, 0.15) is 25.3 Å². The summed E-state index contributed by atoms with van der Waals surface area (Å²) in [6, 6.07) is 9.78. The van der Waals surface area contributed by atoms with E-state index < -0.39 is 5.97 Å². The first-order valence-electron chi connectivity index (χ1n) is 8.34. The van der Waals surface area contributed by atoms with E-state index in [0.29, 0.717) is 9.23 Å². The molecule has 1 saturated heterocycles. The molecule has 1 aliphatic heterocycles. The van der Waals surface area contributed by atoms with Crippen LogP contribution in [-0.2, 0) is 14.4 Å². The molecule has 0 spiro atoms. The molecule has 1 fully saturated rings. The molecular weight excluding hydrogens is 384 g/mol. The van der Waals surface area contributed by atoms with Crippen molar-refractivity contribution in [1.82, 2.24) is 10.2 Å². The number of benzene rings is 1. The Morgan fingerprint density at radius 2 is 1.96 bits per heavy atom. The third-order valence-corrected chi connectivity index (χ3v) is 5.03. The van der Waals surface area contributed by atoms with Gasteiger partial charge in [-0.3, -0.25) is 19.3 Å². The summed E-state index contributed by atoms with van der Waals surface area (Å²) in [6.45, 7) is 2.15. The molecule has 0 atom stereocenters. The van der Waals surface area contributed by atoms with E-state index in [1.807, 2.05) is 43.3 Å². The molecule has 0 bridgehead atoms. The van der Waals surface area contributed by atoms with Crippen molar-refractivity contribution in [2.45, 2.75) is 19.8 Å². The second-order valence-electron chi connectivity index (χ2n) is 5.88. The highest BCUT2D eigenvalue weighted by Gasteiger charge is 2.31. The molecule has 1 heterocycles. The number of amides is 2. The molecular formula is C19H20N2O4S2. The van der Waals surface area contributed by atoms with Crippen LogP contribution in [0.15, 0.2) is 46.9 Å². The number of aliphatic carboxylic acids is 1. The first kappa shape index (κ1) is 20.9. The third-order valence-electron chi connectivity index (χ3n) is 3.65. The Morgan fingerprint density at radius 3 is 2.63 bits per heavy atom. The lowest BCUT2D eigenvalue weighted by Crippen LogP contribution is -2.34. The van der Waals surface area contributed by atoms with E-state index in [2.05, 4.69) is 5.32 Å². The maximum absolute atomic E-state index is 12.5. The fourth-order valence-corrected chi connectivity index (χ4v) is 3.72. The standard InChI is InChI=1S/C19H20N2O4S2/c1-13(11-14-5-3-2-4-6-14)12-15-18(25)21(19(26)27-15)10-8-16(22)20-9-7-17(23)24/h2-6,11-12H,7-10H2,1H3,(H,20,22)(H,23,24)/b13-11+,15-12+. The molecule has 2 rings (SSSR count). The van der Waals surface area contributed by atoms with Crippen LogP contribution in [-0.4, -0.2) is 45.2 Å². The average molecular weight is 405 g/mol. The van der Waals surface area contributed by atoms with Gasteiger partial charge in [-0.05, 0) is 24.1 Å². The van der Waals surface area contributed by atoms with Crippen molar-refractivity contribution in [2.24, 2.45) is 0 Å². The van der Waals surface area contributed by atoms with Gasteiger partial charge in [-0.15, -0.1) is 0 Å². The van der Waals surface area contributed by atoms with Crippen LogP contribution in [0, 0.1) is 0 Å². The highest BCUT2D eigenvalue weighted by Crippen LogP contribution is 2.32. The maximum atomic E-state index is 12.5. The number of carbonyl (C=O) groups excluding carboxylic acids is 2. The van der Waals surface area contributed by atoms with Crippen molar-refractivity contribution in [1.29, 1.82) is 0 Å². The van der Waals surface area contributed by atoms with Gasteiger partial charge in [0.2, 0.25) is 5.91 Å². The monoisotopic (exact) mass is 404 g/mol. The number of hydrogen-bond donors (Lipinski definition) is 2. The molecule has 142 valence electrons. The Bertz CT molecular complexity index is 803. The van der Waals surface area contributed by atoms with Crippen LogP contribution in [0.5, 0.6) is 0 Å². The SMILES string of the molecule is CC(=C\c1ccccc1)/C=C1/SC(=S)N(CCC(=O)NCCC(=O)O)C1=O. The largest absolute Gasteiger partial charge is 0.481 e. The van der Waals surface area contributed by atoms with Crippen LogP contribution < -0.4 is 5.32 Å². The van der Waals surface area contributed by atoms with Crippen molar-refractivity contribution in [3.05, 3.63) is 52.4 Å². The highest BCUT2D eigenvalue weighted by atomic mass is 32.2. The average Bonchev–Trinajstić information content (AvgIpc) is 2.87. The lowest BCUT2D eigenvalue weighted by molar-refractivity contribution is -0.136. The summed E-state index contributed by atoms with van der Waals surface area (Å²) in [4.78, 5) is 36.6. The van der Waals surface area contributed by atoms with Crippen molar-refractivity contribution < 1.29 is 19.5 Å². The summed E-state index contributed by atoms with van der Waals surface area (Å²) in [6.07, 6.45) is 3.70. The number of nitrogens with one attached hydrogen (secondary N) is 1. The molecule has 0 unspecified atom stereocenters. The third kappa shape index (κ3) is 6.65. The zero-order valence-electron chi connectivity index (χ0n) is 14.8. The zero-order chi connectivity index (χ0) is 19.8. The lowest BCUT2D eigenvalue weighted by Gasteiger charge is -2.13. The first-order chi connectivity index (χ1) is 12.9. The predicted octanol–water partition coefficient (Wildman–Crippen LogP) is 2.82. The zero-order valence-corrected chi connectivity index (χ0v) is 16.4. The Kier molecular flexibility index (Phi) is 7.75. The predicted molar refractivity (Wildman–Crippen MR) is 110 cm³/mol. The number of carboxylic acid groups (broad SMARTS) is 1. The molecule has 0 aromatic heterocycles. The van der Waals surface area contributed by atoms with E-state index in [1.54, 1.807) is 6.08 Å². The molecule has 8 heteroatoms. The van der Waals surface area contributed by atoms with Gasteiger partial charge >= 0.3 is 5.97 Å². The molecule has 0 saturated carbocycles. The molecule has 0 radical (unpaired) electrons. The van der Waals surface area contributed by atoms with Crippen LogP contribution in [0.2, 0.25) is 0 Å². The maximum Gasteiger partial charge on any atom is 0.305 e. The summed E-state index contributed by atoms with van der Waals surface area (Å²) in [7, 11) is 0. The fourth-order valence-electron chi connectivity index (χ4n) is 2.36. The Balaban J connectivity index is 1.93.